The number of nitrogens with one attached hydrogen (secondary N) is 1. The number of hydrogen-bond acceptors (Lipinski definition) is 3. The van der Waals surface area contributed by atoms with Gasteiger partial charge in [0.05, 0.1) is 6.61 Å². The van der Waals surface area contributed by atoms with Crippen LogP contribution in [0.4, 0.5) is 4.79 Å². The van der Waals surface area contributed by atoms with Gasteiger partial charge in [-0.05, 0) is 26.0 Å². The van der Waals surface area contributed by atoms with Crippen molar-refractivity contribution in [2.45, 2.75) is 26.3 Å². The Balaban J connectivity index is 2.38. The molecule has 0 aliphatic heterocycles. The molecule has 17 heavy (non-hydrogen) atoms. The van der Waals surface area contributed by atoms with Gasteiger partial charge in [0, 0.05) is 35.8 Å². The van der Waals surface area contributed by atoms with Gasteiger partial charge in [-0.15, -0.1) is 11.3 Å². The summed E-state index contributed by atoms with van der Waals surface area (Å²) in [6, 6.07) is 4.15. The number of aliphatic hydroxyl groups is 1. The Morgan fingerprint density at radius 3 is 2.82 bits per heavy atom. The molecule has 4 nitrogen and oxygen atoms in total. The number of hydrogen-bond donors (Lipinski definition) is 2. The second-order valence-electron chi connectivity index (χ2n) is 4.21. The average molecular weight is 256 g/mol. The van der Waals surface area contributed by atoms with Gasteiger partial charge >= 0.3 is 6.03 Å². The fraction of sp³-hybridized carbons (Fsp3) is 0.583. The number of urea groups is 1. The summed E-state index contributed by atoms with van der Waals surface area (Å²) >= 11 is 1.76. The van der Waals surface area contributed by atoms with E-state index in [1.165, 1.54) is 14.7 Å². The second kappa shape index (κ2) is 6.61. The van der Waals surface area contributed by atoms with E-state index in [4.69, 9.17) is 5.11 Å². The van der Waals surface area contributed by atoms with E-state index in [9.17, 15) is 4.79 Å². The van der Waals surface area contributed by atoms with E-state index in [0.717, 1.165) is 6.42 Å². The molecule has 0 aliphatic rings. The SMILES string of the molecule is Cc1ccc(CC(C)NC(=O)N(C)CCO)s1. The molecule has 0 spiro atoms. The third-order valence-electron chi connectivity index (χ3n) is 2.46. The fourth-order valence-corrected chi connectivity index (χ4v) is 2.54. The van der Waals surface area contributed by atoms with Crippen LogP contribution in [-0.4, -0.2) is 42.3 Å². The molecule has 0 aliphatic carbocycles. The highest BCUT2D eigenvalue weighted by molar-refractivity contribution is 7.11. The van der Waals surface area contributed by atoms with E-state index in [2.05, 4.69) is 24.4 Å². The highest BCUT2D eigenvalue weighted by Crippen LogP contribution is 2.16. The van der Waals surface area contributed by atoms with Crippen molar-refractivity contribution >= 4 is 17.4 Å². The molecule has 1 unspecified atom stereocenters. The van der Waals surface area contributed by atoms with E-state index in [0.29, 0.717) is 6.54 Å². The maximum absolute atomic E-state index is 11.6. The number of rotatable bonds is 5. The molecule has 0 saturated carbocycles. The predicted molar refractivity (Wildman–Crippen MR) is 70.5 cm³/mol. The summed E-state index contributed by atoms with van der Waals surface area (Å²) in [5.74, 6) is 0. The molecule has 1 aromatic rings. The molecule has 0 saturated heterocycles. The van der Waals surface area contributed by atoms with Crippen LogP contribution in [0.1, 0.15) is 16.7 Å². The molecule has 2 N–H and O–H groups in total. The van der Waals surface area contributed by atoms with Gasteiger partial charge in [0.15, 0.2) is 0 Å². The summed E-state index contributed by atoms with van der Waals surface area (Å²) in [7, 11) is 1.67. The minimum absolute atomic E-state index is 0.0115. The minimum Gasteiger partial charge on any atom is -0.395 e. The Labute approximate surface area is 106 Å². The average Bonchev–Trinajstić information content (AvgIpc) is 2.64. The van der Waals surface area contributed by atoms with Gasteiger partial charge in [-0.3, -0.25) is 0 Å². The number of aliphatic hydroxyl groups excluding tert-OH is 1. The zero-order chi connectivity index (χ0) is 12.8. The largest absolute Gasteiger partial charge is 0.395 e. The van der Waals surface area contributed by atoms with E-state index < -0.39 is 0 Å². The molecule has 1 heterocycles. The number of thiophene rings is 1. The van der Waals surface area contributed by atoms with Gasteiger partial charge in [-0.25, -0.2) is 4.79 Å². The first kappa shape index (κ1) is 14.0. The Kier molecular flexibility index (Phi) is 5.44. The van der Waals surface area contributed by atoms with Gasteiger partial charge in [0.25, 0.3) is 0 Å². The lowest BCUT2D eigenvalue weighted by atomic mass is 10.2. The lowest BCUT2D eigenvalue weighted by Crippen LogP contribution is -2.43. The number of likely N-dealkylation sites (N-methyl/N-ethyl adjacent to an activating group) is 1. The number of nitrogens with zero attached hydrogens (tertiary/aromatic N) is 1. The summed E-state index contributed by atoms with van der Waals surface area (Å²) in [5.41, 5.74) is 0. The van der Waals surface area contributed by atoms with Crippen LogP contribution < -0.4 is 5.32 Å². The summed E-state index contributed by atoms with van der Waals surface area (Å²) in [6.07, 6.45) is 0.844. The third-order valence-corrected chi connectivity index (χ3v) is 3.48. The molecule has 5 heteroatoms. The van der Waals surface area contributed by atoms with Crippen molar-refractivity contribution in [2.24, 2.45) is 0 Å². The molecule has 1 atom stereocenters. The van der Waals surface area contributed by atoms with Crippen molar-refractivity contribution < 1.29 is 9.90 Å². The molecule has 1 rings (SSSR count). The van der Waals surface area contributed by atoms with Gasteiger partial charge < -0.3 is 15.3 Å². The van der Waals surface area contributed by atoms with Crippen LogP contribution >= 0.6 is 11.3 Å². The smallest absolute Gasteiger partial charge is 0.317 e. The summed E-state index contributed by atoms with van der Waals surface area (Å²) < 4.78 is 0. The first-order valence-electron chi connectivity index (χ1n) is 5.70. The Hall–Kier alpha value is -1.07. The van der Waals surface area contributed by atoms with Crippen molar-refractivity contribution in [3.05, 3.63) is 21.9 Å². The van der Waals surface area contributed by atoms with Gasteiger partial charge in [0.2, 0.25) is 0 Å². The lowest BCUT2D eigenvalue weighted by Gasteiger charge is -2.20. The standard InChI is InChI=1S/C12H20N2O2S/c1-9(8-11-5-4-10(2)17-11)13-12(16)14(3)6-7-15/h4-5,9,15H,6-8H2,1-3H3,(H,13,16). The van der Waals surface area contributed by atoms with Gasteiger partial charge in [-0.1, -0.05) is 0 Å². The van der Waals surface area contributed by atoms with Gasteiger partial charge in [0.1, 0.15) is 0 Å². The van der Waals surface area contributed by atoms with E-state index >= 15 is 0 Å². The number of amides is 2. The van der Waals surface area contributed by atoms with Crippen molar-refractivity contribution in [1.29, 1.82) is 0 Å². The summed E-state index contributed by atoms with van der Waals surface area (Å²) in [5, 5.41) is 11.6. The van der Waals surface area contributed by atoms with Crippen molar-refractivity contribution in [3.8, 4) is 0 Å². The Morgan fingerprint density at radius 1 is 1.59 bits per heavy atom. The van der Waals surface area contributed by atoms with E-state index in [1.807, 2.05) is 6.92 Å². The second-order valence-corrected chi connectivity index (χ2v) is 5.58. The molecule has 0 aromatic carbocycles. The van der Waals surface area contributed by atoms with Crippen molar-refractivity contribution in [2.75, 3.05) is 20.2 Å². The molecule has 0 fully saturated rings. The Bertz CT molecular complexity index is 365. The van der Waals surface area contributed by atoms with Crippen molar-refractivity contribution in [3.63, 3.8) is 0 Å². The quantitative estimate of drug-likeness (QED) is 0.841. The number of carbonyl (C=O) groups excluding carboxylic acids is 1. The van der Waals surface area contributed by atoms with Crippen LogP contribution in [0, 0.1) is 6.92 Å². The van der Waals surface area contributed by atoms with Crippen LogP contribution in [0.15, 0.2) is 12.1 Å². The maximum Gasteiger partial charge on any atom is 0.317 e. The lowest BCUT2D eigenvalue weighted by molar-refractivity contribution is 0.187. The summed E-state index contributed by atoms with van der Waals surface area (Å²) in [4.78, 5) is 15.7. The third kappa shape index (κ3) is 4.75. The van der Waals surface area contributed by atoms with Crippen LogP contribution in [0.2, 0.25) is 0 Å². The Morgan fingerprint density at radius 2 is 2.29 bits per heavy atom. The van der Waals surface area contributed by atoms with Crippen LogP contribution in [0.25, 0.3) is 0 Å². The van der Waals surface area contributed by atoms with Crippen LogP contribution in [0.3, 0.4) is 0 Å². The van der Waals surface area contributed by atoms with E-state index in [1.54, 1.807) is 18.4 Å². The minimum atomic E-state index is -0.139. The fourth-order valence-electron chi connectivity index (χ4n) is 1.52. The molecule has 96 valence electrons. The first-order chi connectivity index (χ1) is 8.02. The molecular formula is C12H20N2O2S. The topological polar surface area (TPSA) is 52.6 Å². The van der Waals surface area contributed by atoms with Gasteiger partial charge in [-0.2, -0.15) is 0 Å². The molecule has 0 bridgehead atoms. The molecule has 2 amide bonds. The number of carbonyl (C=O) groups is 1. The number of aryl methyl sites for hydroxylation is 1. The van der Waals surface area contributed by atoms with Crippen molar-refractivity contribution in [1.82, 2.24) is 10.2 Å². The van der Waals surface area contributed by atoms with Crippen LogP contribution in [-0.2, 0) is 6.42 Å². The molecule has 0 radical (unpaired) electrons. The van der Waals surface area contributed by atoms with Crippen LogP contribution in [0.5, 0.6) is 0 Å². The molecular weight excluding hydrogens is 236 g/mol. The van der Waals surface area contributed by atoms with E-state index in [-0.39, 0.29) is 18.7 Å². The maximum atomic E-state index is 11.6. The summed E-state index contributed by atoms with van der Waals surface area (Å²) in [6.45, 7) is 4.41. The first-order valence-corrected chi connectivity index (χ1v) is 6.52. The monoisotopic (exact) mass is 256 g/mol. The molecule has 1 aromatic heterocycles. The zero-order valence-electron chi connectivity index (χ0n) is 10.6. The normalized spacial score (nSPS) is 12.2. The highest BCUT2D eigenvalue weighted by atomic mass is 32.1. The predicted octanol–water partition coefficient (Wildman–Crippen LogP) is 1.62. The zero-order valence-corrected chi connectivity index (χ0v) is 11.4. The highest BCUT2D eigenvalue weighted by Gasteiger charge is 2.12.